The number of nitrogens with one attached hydrogen (secondary N) is 2. The van der Waals surface area contributed by atoms with Crippen LogP contribution in [-0.4, -0.2) is 27.5 Å². The van der Waals surface area contributed by atoms with Gasteiger partial charge in [0.05, 0.1) is 11.4 Å². The maximum Gasteiger partial charge on any atom is 0.262 e. The standard InChI is InChI=1S/C27H32N2O4S/c1-19-10-14-22(15-11-19)29-34(31,32)25-18-21(13-12-20(25)2)26(30)28-16-17-33-24-9-7-6-8-23(24)27(3,4)5/h6-15,18,29H,16-17H2,1-5H3,(H,28,30). The fraction of sp³-hybridized carbons (Fsp3) is 0.296. The molecular weight excluding hydrogens is 448 g/mol. The van der Waals surface area contributed by atoms with Gasteiger partial charge in [0.2, 0.25) is 0 Å². The van der Waals surface area contributed by atoms with E-state index in [4.69, 9.17) is 4.74 Å². The van der Waals surface area contributed by atoms with E-state index in [2.05, 4.69) is 30.8 Å². The monoisotopic (exact) mass is 480 g/mol. The highest BCUT2D eigenvalue weighted by Gasteiger charge is 2.20. The second-order valence-electron chi connectivity index (χ2n) is 9.30. The molecule has 0 aliphatic carbocycles. The van der Waals surface area contributed by atoms with Gasteiger partial charge in [0.15, 0.2) is 0 Å². The van der Waals surface area contributed by atoms with Crippen molar-refractivity contribution in [3.8, 4) is 5.75 Å². The van der Waals surface area contributed by atoms with E-state index < -0.39 is 10.0 Å². The molecule has 0 atom stereocenters. The zero-order valence-electron chi connectivity index (χ0n) is 20.3. The highest BCUT2D eigenvalue weighted by Crippen LogP contribution is 2.30. The van der Waals surface area contributed by atoms with Crippen molar-refractivity contribution in [1.82, 2.24) is 5.32 Å². The fourth-order valence-corrected chi connectivity index (χ4v) is 4.83. The highest BCUT2D eigenvalue weighted by molar-refractivity contribution is 7.92. The summed E-state index contributed by atoms with van der Waals surface area (Å²) in [6.07, 6.45) is 0. The molecule has 0 heterocycles. The van der Waals surface area contributed by atoms with Crippen molar-refractivity contribution in [1.29, 1.82) is 0 Å². The molecule has 6 nitrogen and oxygen atoms in total. The molecule has 0 bridgehead atoms. The van der Waals surface area contributed by atoms with Crippen LogP contribution in [0.3, 0.4) is 0 Å². The van der Waals surface area contributed by atoms with Crippen molar-refractivity contribution in [2.45, 2.75) is 44.9 Å². The predicted octanol–water partition coefficient (Wildman–Crippen LogP) is 5.21. The lowest BCUT2D eigenvalue weighted by atomic mass is 9.86. The van der Waals surface area contributed by atoms with Gasteiger partial charge in [-0.15, -0.1) is 0 Å². The normalized spacial score (nSPS) is 11.7. The molecule has 180 valence electrons. The van der Waals surface area contributed by atoms with Gasteiger partial charge in [-0.2, -0.15) is 0 Å². The maximum absolute atomic E-state index is 12.9. The molecule has 0 spiro atoms. The van der Waals surface area contributed by atoms with E-state index in [1.165, 1.54) is 6.07 Å². The Hall–Kier alpha value is -3.32. The van der Waals surface area contributed by atoms with E-state index in [0.29, 0.717) is 17.9 Å². The molecule has 0 saturated heterocycles. The Morgan fingerprint density at radius 1 is 0.941 bits per heavy atom. The first-order valence-corrected chi connectivity index (χ1v) is 12.7. The van der Waals surface area contributed by atoms with Crippen LogP contribution in [0.1, 0.15) is 47.8 Å². The van der Waals surface area contributed by atoms with Crippen LogP contribution >= 0.6 is 0 Å². The van der Waals surface area contributed by atoms with E-state index in [0.717, 1.165) is 16.9 Å². The second-order valence-corrected chi connectivity index (χ2v) is 11.0. The first-order chi connectivity index (χ1) is 16.0. The smallest absolute Gasteiger partial charge is 0.262 e. The van der Waals surface area contributed by atoms with Gasteiger partial charge in [-0.1, -0.05) is 62.7 Å². The van der Waals surface area contributed by atoms with Crippen LogP contribution in [0.2, 0.25) is 0 Å². The zero-order valence-corrected chi connectivity index (χ0v) is 21.1. The van der Waals surface area contributed by atoms with Gasteiger partial charge in [-0.3, -0.25) is 9.52 Å². The Balaban J connectivity index is 1.65. The number of ether oxygens (including phenoxy) is 1. The van der Waals surface area contributed by atoms with Crippen LogP contribution in [0.15, 0.2) is 71.6 Å². The van der Waals surface area contributed by atoms with Crippen molar-refractivity contribution in [2.24, 2.45) is 0 Å². The molecule has 1 amide bonds. The SMILES string of the molecule is Cc1ccc(NS(=O)(=O)c2cc(C(=O)NCCOc3ccccc3C(C)(C)C)ccc2C)cc1. The number of aryl methyl sites for hydroxylation is 2. The molecule has 7 heteroatoms. The quantitative estimate of drug-likeness (QED) is 0.434. The lowest BCUT2D eigenvalue weighted by molar-refractivity contribution is 0.0946. The van der Waals surface area contributed by atoms with Crippen LogP contribution in [0.5, 0.6) is 5.75 Å². The molecule has 3 aromatic rings. The Bertz CT molecular complexity index is 1260. The summed E-state index contributed by atoms with van der Waals surface area (Å²) in [5, 5.41) is 2.80. The Morgan fingerprint density at radius 2 is 1.62 bits per heavy atom. The minimum Gasteiger partial charge on any atom is -0.491 e. The molecule has 0 aliphatic heterocycles. The molecule has 0 radical (unpaired) electrons. The number of rotatable bonds is 8. The lowest BCUT2D eigenvalue weighted by Crippen LogP contribution is -2.28. The molecule has 34 heavy (non-hydrogen) atoms. The number of carbonyl (C=O) groups excluding carboxylic acids is 1. The van der Waals surface area contributed by atoms with Crippen LogP contribution < -0.4 is 14.8 Å². The fourth-order valence-electron chi connectivity index (χ4n) is 3.50. The van der Waals surface area contributed by atoms with Crippen molar-refractivity contribution in [2.75, 3.05) is 17.9 Å². The zero-order chi connectivity index (χ0) is 24.9. The van der Waals surface area contributed by atoms with E-state index in [-0.39, 0.29) is 28.3 Å². The first-order valence-electron chi connectivity index (χ1n) is 11.2. The summed E-state index contributed by atoms with van der Waals surface area (Å²) in [6, 6.07) is 19.6. The van der Waals surface area contributed by atoms with Crippen molar-refractivity contribution >= 4 is 21.6 Å². The first kappa shape index (κ1) is 25.3. The average molecular weight is 481 g/mol. The molecule has 2 N–H and O–H groups in total. The Labute approximate surface area is 202 Å². The van der Waals surface area contributed by atoms with Gasteiger partial charge < -0.3 is 10.1 Å². The van der Waals surface area contributed by atoms with Gasteiger partial charge in [-0.25, -0.2) is 8.42 Å². The summed E-state index contributed by atoms with van der Waals surface area (Å²) in [5.74, 6) is 0.426. The van der Waals surface area contributed by atoms with Gasteiger partial charge >= 0.3 is 0 Å². The van der Waals surface area contributed by atoms with Crippen LogP contribution in [-0.2, 0) is 15.4 Å². The van der Waals surface area contributed by atoms with Gasteiger partial charge in [-0.05, 0) is 60.7 Å². The third-order valence-electron chi connectivity index (χ3n) is 5.38. The lowest BCUT2D eigenvalue weighted by Gasteiger charge is -2.22. The number of anilines is 1. The number of hydrogen-bond donors (Lipinski definition) is 2. The van der Waals surface area contributed by atoms with Crippen LogP contribution in [0, 0.1) is 13.8 Å². The topological polar surface area (TPSA) is 84.5 Å². The molecular formula is C27H32N2O4S. The van der Waals surface area contributed by atoms with Gasteiger partial charge in [0.25, 0.3) is 15.9 Å². The van der Waals surface area contributed by atoms with Gasteiger partial charge in [0.1, 0.15) is 12.4 Å². The number of para-hydroxylation sites is 1. The maximum atomic E-state index is 12.9. The minimum absolute atomic E-state index is 0.0593. The number of sulfonamides is 1. The Morgan fingerprint density at radius 3 is 2.29 bits per heavy atom. The van der Waals surface area contributed by atoms with E-state index in [9.17, 15) is 13.2 Å². The van der Waals surface area contributed by atoms with Crippen LogP contribution in [0.25, 0.3) is 0 Å². The number of hydrogen-bond acceptors (Lipinski definition) is 4. The number of carbonyl (C=O) groups is 1. The van der Waals surface area contributed by atoms with E-state index in [1.807, 2.05) is 43.3 Å². The molecule has 3 aromatic carbocycles. The van der Waals surface area contributed by atoms with E-state index >= 15 is 0 Å². The molecule has 0 aromatic heterocycles. The van der Waals surface area contributed by atoms with E-state index in [1.54, 1.807) is 31.2 Å². The second kappa shape index (κ2) is 10.3. The third-order valence-corrected chi connectivity index (χ3v) is 6.91. The number of benzene rings is 3. The summed E-state index contributed by atoms with van der Waals surface area (Å²) in [5.41, 5.74) is 3.35. The van der Waals surface area contributed by atoms with Gasteiger partial charge in [0, 0.05) is 11.3 Å². The summed E-state index contributed by atoms with van der Waals surface area (Å²) in [7, 11) is -3.85. The van der Waals surface area contributed by atoms with Crippen molar-refractivity contribution < 1.29 is 17.9 Å². The largest absolute Gasteiger partial charge is 0.491 e. The summed E-state index contributed by atoms with van der Waals surface area (Å²) in [4.78, 5) is 12.8. The summed E-state index contributed by atoms with van der Waals surface area (Å²) in [6.45, 7) is 10.6. The minimum atomic E-state index is -3.85. The predicted molar refractivity (Wildman–Crippen MR) is 136 cm³/mol. The Kier molecular flexibility index (Phi) is 7.67. The number of amides is 1. The molecule has 0 aliphatic rings. The third kappa shape index (κ3) is 6.38. The van der Waals surface area contributed by atoms with Crippen molar-refractivity contribution in [3.63, 3.8) is 0 Å². The summed E-state index contributed by atoms with van der Waals surface area (Å²) < 4.78 is 34.4. The molecule has 0 fully saturated rings. The van der Waals surface area contributed by atoms with Crippen molar-refractivity contribution in [3.05, 3.63) is 89.0 Å². The molecule has 0 unspecified atom stereocenters. The van der Waals surface area contributed by atoms with Crippen LogP contribution in [0.4, 0.5) is 5.69 Å². The average Bonchev–Trinajstić information content (AvgIpc) is 2.78. The summed E-state index contributed by atoms with van der Waals surface area (Å²) >= 11 is 0. The molecule has 0 saturated carbocycles. The highest BCUT2D eigenvalue weighted by atomic mass is 32.2. The molecule has 3 rings (SSSR count).